The summed E-state index contributed by atoms with van der Waals surface area (Å²) in [5, 5.41) is 14.9. The maximum atomic E-state index is 11.2. The Morgan fingerprint density at radius 2 is 2.42 bits per heavy atom. The van der Waals surface area contributed by atoms with Crippen molar-refractivity contribution in [1.29, 1.82) is 0 Å². The molecule has 2 atom stereocenters. The number of hydrogen-bond donors (Lipinski definition) is 1. The van der Waals surface area contributed by atoms with Gasteiger partial charge in [-0.3, -0.25) is 4.79 Å². The zero-order valence-corrected chi connectivity index (χ0v) is 7.03. The van der Waals surface area contributed by atoms with E-state index in [1.807, 2.05) is 0 Å². The van der Waals surface area contributed by atoms with E-state index in [-0.39, 0.29) is 11.8 Å². The molecule has 1 fully saturated rings. The van der Waals surface area contributed by atoms with Gasteiger partial charge in [-0.1, -0.05) is 0 Å². The first kappa shape index (κ1) is 7.73. The van der Waals surface area contributed by atoms with Crippen molar-refractivity contribution in [1.82, 2.24) is 5.01 Å². The van der Waals surface area contributed by atoms with Crippen LogP contribution >= 0.6 is 0 Å². The summed E-state index contributed by atoms with van der Waals surface area (Å²) >= 11 is 0. The standard InChI is InChI=1S/C8H12N2O2/c1-10-8(12)7(11)5-3-2-4-6(5)9-10/h5,7,11H,2-4H2,1H3. The van der Waals surface area contributed by atoms with Crippen molar-refractivity contribution in [3.8, 4) is 0 Å². The number of rotatable bonds is 0. The molecule has 1 saturated carbocycles. The second kappa shape index (κ2) is 2.55. The first-order chi connectivity index (χ1) is 5.70. The van der Waals surface area contributed by atoms with Gasteiger partial charge >= 0.3 is 0 Å². The van der Waals surface area contributed by atoms with Crippen LogP contribution in [0.2, 0.25) is 0 Å². The Labute approximate surface area is 70.9 Å². The Bertz CT molecular complexity index is 249. The number of hydrazone groups is 1. The van der Waals surface area contributed by atoms with Crippen LogP contribution in [0.25, 0.3) is 0 Å². The fourth-order valence-corrected chi connectivity index (χ4v) is 1.92. The van der Waals surface area contributed by atoms with Gasteiger partial charge in [-0.05, 0) is 19.3 Å². The SMILES string of the molecule is CN1N=C2CCCC2C(O)C1=O. The molecule has 1 aliphatic carbocycles. The smallest absolute Gasteiger partial charge is 0.271 e. The molecule has 0 radical (unpaired) electrons. The number of carbonyl (C=O) groups excluding carboxylic acids is 1. The molecule has 4 heteroatoms. The lowest BCUT2D eigenvalue weighted by molar-refractivity contribution is -0.141. The lowest BCUT2D eigenvalue weighted by Crippen LogP contribution is -2.44. The Morgan fingerprint density at radius 1 is 1.67 bits per heavy atom. The lowest BCUT2D eigenvalue weighted by atomic mass is 9.97. The van der Waals surface area contributed by atoms with E-state index < -0.39 is 6.10 Å². The van der Waals surface area contributed by atoms with E-state index in [0.29, 0.717) is 0 Å². The second-order valence-electron chi connectivity index (χ2n) is 3.40. The monoisotopic (exact) mass is 168 g/mol. The molecular formula is C8H12N2O2. The molecule has 0 spiro atoms. The number of amides is 1. The van der Waals surface area contributed by atoms with Crippen LogP contribution in [-0.2, 0) is 4.79 Å². The summed E-state index contributed by atoms with van der Waals surface area (Å²) in [6.45, 7) is 0. The average molecular weight is 168 g/mol. The molecule has 1 aliphatic heterocycles. The molecule has 2 aliphatic rings. The van der Waals surface area contributed by atoms with Gasteiger partial charge in [-0.2, -0.15) is 5.10 Å². The third-order valence-electron chi connectivity index (χ3n) is 2.61. The Hall–Kier alpha value is -0.900. The number of hydrogen-bond acceptors (Lipinski definition) is 3. The van der Waals surface area contributed by atoms with Crippen LogP contribution in [0.1, 0.15) is 19.3 Å². The lowest BCUT2D eigenvalue weighted by Gasteiger charge is -2.27. The predicted molar refractivity (Wildman–Crippen MR) is 43.6 cm³/mol. The van der Waals surface area contributed by atoms with E-state index >= 15 is 0 Å². The third kappa shape index (κ3) is 0.948. The van der Waals surface area contributed by atoms with Crippen LogP contribution in [0.5, 0.6) is 0 Å². The minimum atomic E-state index is -0.843. The van der Waals surface area contributed by atoms with Gasteiger partial charge in [-0.15, -0.1) is 0 Å². The summed E-state index contributed by atoms with van der Waals surface area (Å²) in [4.78, 5) is 11.2. The van der Waals surface area contributed by atoms with Gasteiger partial charge < -0.3 is 5.11 Å². The quantitative estimate of drug-likeness (QED) is 0.552. The van der Waals surface area contributed by atoms with Gasteiger partial charge in [0, 0.05) is 18.7 Å². The van der Waals surface area contributed by atoms with Crippen molar-refractivity contribution < 1.29 is 9.90 Å². The van der Waals surface area contributed by atoms with E-state index in [1.54, 1.807) is 7.05 Å². The van der Waals surface area contributed by atoms with Crippen LogP contribution in [-0.4, -0.2) is 34.9 Å². The summed E-state index contributed by atoms with van der Waals surface area (Å²) < 4.78 is 0. The molecule has 1 amide bonds. The normalized spacial score (nSPS) is 35.0. The molecule has 2 unspecified atom stereocenters. The van der Waals surface area contributed by atoms with Crippen LogP contribution in [0.3, 0.4) is 0 Å². The van der Waals surface area contributed by atoms with Crippen molar-refractivity contribution in [3.05, 3.63) is 0 Å². The summed E-state index contributed by atoms with van der Waals surface area (Å²) in [6.07, 6.45) is 2.03. The minimum Gasteiger partial charge on any atom is -0.382 e. The molecule has 12 heavy (non-hydrogen) atoms. The Kier molecular flexibility index (Phi) is 1.65. The molecule has 0 aromatic heterocycles. The third-order valence-corrected chi connectivity index (χ3v) is 2.61. The summed E-state index contributed by atoms with van der Waals surface area (Å²) in [5.41, 5.74) is 0.990. The van der Waals surface area contributed by atoms with E-state index in [1.165, 1.54) is 5.01 Å². The molecule has 1 N–H and O–H groups in total. The van der Waals surface area contributed by atoms with Gasteiger partial charge in [-0.25, -0.2) is 5.01 Å². The largest absolute Gasteiger partial charge is 0.382 e. The van der Waals surface area contributed by atoms with E-state index in [0.717, 1.165) is 25.0 Å². The van der Waals surface area contributed by atoms with E-state index in [9.17, 15) is 9.90 Å². The number of nitrogens with zero attached hydrogens (tertiary/aromatic N) is 2. The van der Waals surface area contributed by atoms with E-state index in [4.69, 9.17) is 0 Å². The summed E-state index contributed by atoms with van der Waals surface area (Å²) in [6, 6.07) is 0. The van der Waals surface area contributed by atoms with Crippen LogP contribution in [0.4, 0.5) is 0 Å². The van der Waals surface area contributed by atoms with Gasteiger partial charge in [0.05, 0.1) is 0 Å². The molecule has 66 valence electrons. The number of aliphatic hydroxyl groups excluding tert-OH is 1. The number of likely N-dealkylation sites (N-methyl/N-ethyl adjacent to an activating group) is 1. The van der Waals surface area contributed by atoms with Gasteiger partial charge in [0.15, 0.2) is 0 Å². The van der Waals surface area contributed by atoms with Crippen LogP contribution in [0, 0.1) is 5.92 Å². The predicted octanol–water partition coefficient (Wildman–Crippen LogP) is -0.0246. The number of fused-ring (bicyclic) bond motifs is 1. The van der Waals surface area contributed by atoms with E-state index in [2.05, 4.69) is 5.10 Å². The fourth-order valence-electron chi connectivity index (χ4n) is 1.92. The topological polar surface area (TPSA) is 52.9 Å². The molecule has 0 aromatic carbocycles. The van der Waals surface area contributed by atoms with Crippen molar-refractivity contribution >= 4 is 11.6 Å². The first-order valence-electron chi connectivity index (χ1n) is 4.23. The molecular weight excluding hydrogens is 156 g/mol. The van der Waals surface area contributed by atoms with Gasteiger partial charge in [0.1, 0.15) is 6.10 Å². The Balaban J connectivity index is 2.31. The first-order valence-corrected chi connectivity index (χ1v) is 4.23. The maximum absolute atomic E-state index is 11.2. The zero-order valence-electron chi connectivity index (χ0n) is 7.03. The number of carbonyl (C=O) groups is 1. The van der Waals surface area contributed by atoms with Gasteiger partial charge in [0.2, 0.25) is 0 Å². The highest BCUT2D eigenvalue weighted by Crippen LogP contribution is 2.29. The highest BCUT2D eigenvalue weighted by atomic mass is 16.3. The van der Waals surface area contributed by atoms with Crippen molar-refractivity contribution in [2.24, 2.45) is 11.0 Å². The molecule has 1 heterocycles. The van der Waals surface area contributed by atoms with Crippen molar-refractivity contribution in [3.63, 3.8) is 0 Å². The fraction of sp³-hybridized carbons (Fsp3) is 0.750. The van der Waals surface area contributed by atoms with Crippen LogP contribution < -0.4 is 0 Å². The highest BCUT2D eigenvalue weighted by Gasteiger charge is 2.39. The number of aliphatic hydroxyl groups is 1. The highest BCUT2D eigenvalue weighted by molar-refractivity contribution is 5.98. The molecule has 4 nitrogen and oxygen atoms in total. The van der Waals surface area contributed by atoms with Gasteiger partial charge in [0.25, 0.3) is 5.91 Å². The van der Waals surface area contributed by atoms with Crippen LogP contribution in [0.15, 0.2) is 5.10 Å². The minimum absolute atomic E-state index is 0.00806. The second-order valence-corrected chi connectivity index (χ2v) is 3.40. The Morgan fingerprint density at radius 3 is 3.17 bits per heavy atom. The summed E-state index contributed by atoms with van der Waals surface area (Å²) in [7, 11) is 1.59. The molecule has 2 rings (SSSR count). The maximum Gasteiger partial charge on any atom is 0.271 e. The molecule has 0 bridgehead atoms. The molecule has 0 aromatic rings. The average Bonchev–Trinajstić information content (AvgIpc) is 2.48. The molecule has 0 saturated heterocycles. The van der Waals surface area contributed by atoms with Crippen molar-refractivity contribution in [2.75, 3.05) is 7.05 Å². The summed E-state index contributed by atoms with van der Waals surface area (Å²) in [5.74, 6) is -0.264. The van der Waals surface area contributed by atoms with Crippen molar-refractivity contribution in [2.45, 2.75) is 25.4 Å². The zero-order chi connectivity index (χ0) is 8.72.